The molecule has 1 aliphatic heterocycles. The van der Waals surface area contributed by atoms with Crippen LogP contribution in [0.25, 0.3) is 10.9 Å². The molecule has 4 N–H and O–H groups in total. The van der Waals surface area contributed by atoms with Crippen molar-refractivity contribution < 1.29 is 4.79 Å². The highest BCUT2D eigenvalue weighted by molar-refractivity contribution is 6.06. The molecule has 0 atom stereocenters. The van der Waals surface area contributed by atoms with Crippen molar-refractivity contribution >= 4 is 28.4 Å². The minimum absolute atomic E-state index is 0.194. The SMILES string of the molecule is O=C(Nc1cn[nH]c1)c1ccc2nc(NC3CCNCC3)ncc2c1. The van der Waals surface area contributed by atoms with Crippen LogP contribution in [0, 0.1) is 0 Å². The first-order valence-electron chi connectivity index (χ1n) is 8.32. The molecule has 1 saturated heterocycles. The largest absolute Gasteiger partial charge is 0.351 e. The fourth-order valence-electron chi connectivity index (χ4n) is 2.92. The van der Waals surface area contributed by atoms with Gasteiger partial charge in [-0.3, -0.25) is 9.89 Å². The van der Waals surface area contributed by atoms with Gasteiger partial charge in [-0.15, -0.1) is 0 Å². The first-order valence-corrected chi connectivity index (χ1v) is 8.32. The lowest BCUT2D eigenvalue weighted by Crippen LogP contribution is -2.35. The standard InChI is InChI=1S/C17H19N7O/c25-16(22-14-9-20-21-10-14)11-1-2-15-12(7-11)8-19-17(24-15)23-13-3-5-18-6-4-13/h1-2,7-10,13,18H,3-6H2,(H,20,21)(H,22,25)(H,19,23,24). The quantitative estimate of drug-likeness (QED) is 0.578. The number of hydrogen-bond acceptors (Lipinski definition) is 6. The summed E-state index contributed by atoms with van der Waals surface area (Å²) in [5.41, 5.74) is 1.99. The van der Waals surface area contributed by atoms with Gasteiger partial charge >= 0.3 is 0 Å². The highest BCUT2D eigenvalue weighted by Crippen LogP contribution is 2.17. The molecule has 0 aliphatic carbocycles. The van der Waals surface area contributed by atoms with Crippen LogP contribution in [0.3, 0.4) is 0 Å². The van der Waals surface area contributed by atoms with Gasteiger partial charge in [0.1, 0.15) is 0 Å². The van der Waals surface area contributed by atoms with Crippen LogP contribution in [0.15, 0.2) is 36.8 Å². The molecule has 1 aliphatic rings. The van der Waals surface area contributed by atoms with E-state index in [1.807, 2.05) is 6.07 Å². The average Bonchev–Trinajstić information content (AvgIpc) is 3.15. The zero-order chi connectivity index (χ0) is 17.1. The van der Waals surface area contributed by atoms with Gasteiger partial charge in [0.05, 0.1) is 17.4 Å². The number of aromatic nitrogens is 4. The number of piperidine rings is 1. The number of benzene rings is 1. The number of fused-ring (bicyclic) bond motifs is 1. The fourth-order valence-corrected chi connectivity index (χ4v) is 2.92. The summed E-state index contributed by atoms with van der Waals surface area (Å²) in [4.78, 5) is 21.2. The van der Waals surface area contributed by atoms with Crippen LogP contribution in [0.2, 0.25) is 0 Å². The second-order valence-corrected chi connectivity index (χ2v) is 6.08. The Kier molecular flexibility index (Phi) is 4.26. The van der Waals surface area contributed by atoms with Crippen molar-refractivity contribution in [3.8, 4) is 0 Å². The predicted octanol–water partition coefficient (Wildman–Crippen LogP) is 1.77. The maximum atomic E-state index is 12.3. The van der Waals surface area contributed by atoms with Gasteiger partial charge in [-0.1, -0.05) is 0 Å². The third-order valence-corrected chi connectivity index (χ3v) is 4.27. The molecule has 0 bridgehead atoms. The number of nitrogens with one attached hydrogen (secondary N) is 4. The lowest BCUT2D eigenvalue weighted by molar-refractivity contribution is 0.102. The van der Waals surface area contributed by atoms with Gasteiger partial charge in [0.15, 0.2) is 0 Å². The van der Waals surface area contributed by atoms with E-state index in [-0.39, 0.29) is 5.91 Å². The molecule has 128 valence electrons. The Bertz CT molecular complexity index is 872. The minimum Gasteiger partial charge on any atom is -0.351 e. The van der Waals surface area contributed by atoms with Crippen molar-refractivity contribution in [2.24, 2.45) is 0 Å². The lowest BCUT2D eigenvalue weighted by atomic mass is 10.1. The van der Waals surface area contributed by atoms with Gasteiger partial charge in [-0.05, 0) is 44.1 Å². The molecule has 3 heterocycles. The number of carbonyl (C=O) groups excluding carboxylic acids is 1. The lowest BCUT2D eigenvalue weighted by Gasteiger charge is -2.23. The molecule has 1 aromatic carbocycles. The van der Waals surface area contributed by atoms with Crippen molar-refractivity contribution in [1.29, 1.82) is 0 Å². The summed E-state index contributed by atoms with van der Waals surface area (Å²) >= 11 is 0. The molecule has 2 aromatic heterocycles. The highest BCUT2D eigenvalue weighted by atomic mass is 16.1. The Morgan fingerprint density at radius 1 is 1.20 bits per heavy atom. The van der Waals surface area contributed by atoms with Crippen molar-refractivity contribution in [3.63, 3.8) is 0 Å². The van der Waals surface area contributed by atoms with Crippen molar-refractivity contribution in [1.82, 2.24) is 25.5 Å². The van der Waals surface area contributed by atoms with Crippen molar-refractivity contribution in [2.75, 3.05) is 23.7 Å². The summed E-state index contributed by atoms with van der Waals surface area (Å²) in [5, 5.41) is 16.8. The van der Waals surface area contributed by atoms with E-state index < -0.39 is 0 Å². The van der Waals surface area contributed by atoms with E-state index in [1.54, 1.807) is 30.7 Å². The van der Waals surface area contributed by atoms with Crippen molar-refractivity contribution in [3.05, 3.63) is 42.4 Å². The number of aromatic amines is 1. The zero-order valence-corrected chi connectivity index (χ0v) is 13.6. The monoisotopic (exact) mass is 337 g/mol. The Hall–Kier alpha value is -3.00. The Labute approximate surface area is 144 Å². The molecule has 8 heteroatoms. The number of carbonyl (C=O) groups is 1. The molecule has 0 unspecified atom stereocenters. The zero-order valence-electron chi connectivity index (χ0n) is 13.6. The van der Waals surface area contributed by atoms with Gasteiger partial charge in [-0.25, -0.2) is 9.97 Å². The molecule has 1 amide bonds. The molecule has 0 spiro atoms. The smallest absolute Gasteiger partial charge is 0.255 e. The van der Waals surface area contributed by atoms with E-state index in [9.17, 15) is 4.79 Å². The summed E-state index contributed by atoms with van der Waals surface area (Å²) in [6, 6.07) is 5.80. The number of rotatable bonds is 4. The Morgan fingerprint density at radius 3 is 2.88 bits per heavy atom. The number of anilines is 2. The highest BCUT2D eigenvalue weighted by Gasteiger charge is 2.14. The number of amides is 1. The first-order chi connectivity index (χ1) is 12.3. The molecule has 8 nitrogen and oxygen atoms in total. The van der Waals surface area contributed by atoms with Gasteiger partial charge in [-0.2, -0.15) is 5.10 Å². The molecule has 3 aromatic rings. The second-order valence-electron chi connectivity index (χ2n) is 6.08. The molecule has 0 saturated carbocycles. The number of hydrogen-bond donors (Lipinski definition) is 4. The number of H-pyrrole nitrogens is 1. The summed E-state index contributed by atoms with van der Waals surface area (Å²) < 4.78 is 0. The van der Waals surface area contributed by atoms with Crippen LogP contribution in [-0.4, -0.2) is 45.2 Å². The van der Waals surface area contributed by atoms with Gasteiger partial charge in [0.2, 0.25) is 5.95 Å². The normalized spacial score (nSPS) is 15.2. The summed E-state index contributed by atoms with van der Waals surface area (Å²) in [7, 11) is 0. The molecule has 1 fully saturated rings. The Balaban J connectivity index is 1.51. The molecular weight excluding hydrogens is 318 g/mol. The van der Waals surface area contributed by atoms with Crippen LogP contribution in [0.5, 0.6) is 0 Å². The predicted molar refractivity (Wildman–Crippen MR) is 95.6 cm³/mol. The number of nitrogens with zero attached hydrogens (tertiary/aromatic N) is 3. The topological polar surface area (TPSA) is 108 Å². The van der Waals surface area contributed by atoms with Gasteiger partial charge in [0.25, 0.3) is 5.91 Å². The van der Waals surface area contributed by atoms with E-state index in [1.165, 1.54) is 0 Å². The van der Waals surface area contributed by atoms with Crippen LogP contribution in [0.1, 0.15) is 23.2 Å². The second kappa shape index (κ2) is 6.86. The first kappa shape index (κ1) is 15.5. The van der Waals surface area contributed by atoms with Crippen LogP contribution in [0.4, 0.5) is 11.6 Å². The van der Waals surface area contributed by atoms with Gasteiger partial charge < -0.3 is 16.0 Å². The maximum Gasteiger partial charge on any atom is 0.255 e. The van der Waals surface area contributed by atoms with E-state index in [0.29, 0.717) is 23.2 Å². The third kappa shape index (κ3) is 3.58. The van der Waals surface area contributed by atoms with Gasteiger partial charge in [0, 0.05) is 29.4 Å². The third-order valence-electron chi connectivity index (χ3n) is 4.27. The molecular formula is C17H19N7O. The summed E-state index contributed by atoms with van der Waals surface area (Å²) in [5.74, 6) is 0.440. The van der Waals surface area contributed by atoms with Crippen LogP contribution >= 0.6 is 0 Å². The van der Waals surface area contributed by atoms with E-state index in [2.05, 4.69) is 36.1 Å². The van der Waals surface area contributed by atoms with E-state index >= 15 is 0 Å². The average molecular weight is 337 g/mol. The van der Waals surface area contributed by atoms with Crippen molar-refractivity contribution in [2.45, 2.75) is 18.9 Å². The maximum absolute atomic E-state index is 12.3. The molecule has 4 rings (SSSR count). The van der Waals surface area contributed by atoms with Crippen LogP contribution in [-0.2, 0) is 0 Å². The van der Waals surface area contributed by atoms with E-state index in [0.717, 1.165) is 36.8 Å². The summed E-state index contributed by atoms with van der Waals surface area (Å²) in [6.07, 6.45) is 7.06. The Morgan fingerprint density at radius 2 is 2.08 bits per heavy atom. The minimum atomic E-state index is -0.194. The van der Waals surface area contributed by atoms with Crippen LogP contribution < -0.4 is 16.0 Å². The summed E-state index contributed by atoms with van der Waals surface area (Å²) in [6.45, 7) is 2.03. The molecule has 0 radical (unpaired) electrons. The fraction of sp³-hybridized carbons (Fsp3) is 0.294. The molecule has 25 heavy (non-hydrogen) atoms. The van der Waals surface area contributed by atoms with E-state index in [4.69, 9.17) is 0 Å².